The van der Waals surface area contributed by atoms with E-state index >= 15 is 0 Å². The lowest BCUT2D eigenvalue weighted by atomic mass is 9.84. The minimum absolute atomic E-state index is 0.0226. The molecule has 0 bridgehead atoms. The number of hydrogen-bond acceptors (Lipinski definition) is 3. The third-order valence-corrected chi connectivity index (χ3v) is 6.91. The van der Waals surface area contributed by atoms with Gasteiger partial charge in [-0.05, 0) is 47.6 Å². The van der Waals surface area contributed by atoms with Gasteiger partial charge >= 0.3 is 0 Å². The number of likely N-dealkylation sites (N-methyl/N-ethyl adjacent to an activating group) is 2. The number of benzene rings is 2. The highest BCUT2D eigenvalue weighted by atomic mass is 16.1. The molecule has 2 aromatic carbocycles. The number of hydrogen-bond donors (Lipinski definition) is 0. The van der Waals surface area contributed by atoms with Crippen LogP contribution >= 0.6 is 0 Å². The molecule has 0 saturated heterocycles. The molecule has 0 spiro atoms. The highest BCUT2D eigenvalue weighted by Gasteiger charge is 2.38. The van der Waals surface area contributed by atoms with Crippen molar-refractivity contribution in [3.05, 3.63) is 108 Å². The van der Waals surface area contributed by atoms with Crippen LogP contribution in [0, 0.1) is 0 Å². The van der Waals surface area contributed by atoms with Crippen LogP contribution in [-0.2, 0) is 15.6 Å². The first-order valence-corrected chi connectivity index (χ1v) is 11.1. The molecule has 0 amide bonds. The summed E-state index contributed by atoms with van der Waals surface area (Å²) in [6, 6.07) is 16.9. The predicted molar refractivity (Wildman–Crippen MR) is 135 cm³/mol. The molecule has 2 aliphatic heterocycles. The SMILES string of the molecule is CN1/C(=C/C=C/C(=O)/C=C/C=C2/N(C)c3ccccc3C2(C)C)C(C)(C)c2ccccc21. The lowest BCUT2D eigenvalue weighted by Crippen LogP contribution is -2.22. The van der Waals surface area contributed by atoms with Crippen molar-refractivity contribution in [1.82, 2.24) is 0 Å². The summed E-state index contributed by atoms with van der Waals surface area (Å²) in [5.74, 6) is -0.0226. The number of anilines is 2. The van der Waals surface area contributed by atoms with Crippen LogP contribution in [0.2, 0.25) is 0 Å². The summed E-state index contributed by atoms with van der Waals surface area (Å²) in [6.07, 6.45) is 11.1. The second-order valence-corrected chi connectivity index (χ2v) is 9.63. The highest BCUT2D eigenvalue weighted by Crippen LogP contribution is 2.47. The first-order chi connectivity index (χ1) is 15.2. The third-order valence-electron chi connectivity index (χ3n) is 6.91. The fourth-order valence-electron chi connectivity index (χ4n) is 5.13. The number of para-hydroxylation sites is 2. The Hall–Kier alpha value is -3.33. The van der Waals surface area contributed by atoms with E-state index in [-0.39, 0.29) is 16.6 Å². The van der Waals surface area contributed by atoms with Crippen molar-refractivity contribution in [2.45, 2.75) is 38.5 Å². The van der Waals surface area contributed by atoms with Gasteiger partial charge in [-0.15, -0.1) is 0 Å². The maximum Gasteiger partial charge on any atom is 0.178 e. The largest absolute Gasteiger partial charge is 0.347 e. The van der Waals surface area contributed by atoms with Gasteiger partial charge in [0.25, 0.3) is 0 Å². The minimum atomic E-state index is -0.0906. The number of allylic oxidation sites excluding steroid dienone is 8. The molecule has 0 atom stereocenters. The molecule has 2 aromatic rings. The molecule has 32 heavy (non-hydrogen) atoms. The first kappa shape index (κ1) is 21.9. The number of nitrogens with zero attached hydrogens (tertiary/aromatic N) is 2. The van der Waals surface area contributed by atoms with Gasteiger partial charge in [0, 0.05) is 47.7 Å². The van der Waals surface area contributed by atoms with E-state index in [4.69, 9.17) is 0 Å². The van der Waals surface area contributed by atoms with Crippen LogP contribution in [0.5, 0.6) is 0 Å². The first-order valence-electron chi connectivity index (χ1n) is 11.1. The Balaban J connectivity index is 1.48. The molecule has 2 heterocycles. The van der Waals surface area contributed by atoms with Gasteiger partial charge in [0.2, 0.25) is 0 Å². The summed E-state index contributed by atoms with van der Waals surface area (Å²) >= 11 is 0. The van der Waals surface area contributed by atoms with Crippen molar-refractivity contribution >= 4 is 17.2 Å². The molecule has 0 fully saturated rings. The lowest BCUT2D eigenvalue weighted by Gasteiger charge is -2.23. The summed E-state index contributed by atoms with van der Waals surface area (Å²) in [5, 5.41) is 0. The topological polar surface area (TPSA) is 23.6 Å². The second-order valence-electron chi connectivity index (χ2n) is 9.63. The minimum Gasteiger partial charge on any atom is -0.347 e. The molecule has 164 valence electrons. The van der Waals surface area contributed by atoms with Crippen LogP contribution in [-0.4, -0.2) is 19.9 Å². The van der Waals surface area contributed by atoms with Crippen LogP contribution in [0.15, 0.2) is 96.4 Å². The van der Waals surface area contributed by atoms with E-state index in [9.17, 15) is 4.79 Å². The molecule has 3 heteroatoms. The summed E-state index contributed by atoms with van der Waals surface area (Å²) in [4.78, 5) is 16.9. The van der Waals surface area contributed by atoms with E-state index in [1.807, 2.05) is 12.2 Å². The molecule has 0 unspecified atom stereocenters. The molecular formula is C29H32N2O. The van der Waals surface area contributed by atoms with Crippen LogP contribution in [0.4, 0.5) is 11.4 Å². The molecule has 0 saturated carbocycles. The molecule has 2 aliphatic rings. The number of carbonyl (C=O) groups excluding carboxylic acids is 1. The Morgan fingerprint density at radius 2 is 1.06 bits per heavy atom. The number of rotatable bonds is 4. The molecule has 0 radical (unpaired) electrons. The number of fused-ring (bicyclic) bond motifs is 2. The van der Waals surface area contributed by atoms with Gasteiger partial charge < -0.3 is 9.80 Å². The van der Waals surface area contributed by atoms with E-state index in [1.54, 1.807) is 12.2 Å². The summed E-state index contributed by atoms with van der Waals surface area (Å²) in [6.45, 7) is 8.89. The molecule has 3 nitrogen and oxygen atoms in total. The lowest BCUT2D eigenvalue weighted by molar-refractivity contribution is -0.110. The van der Waals surface area contributed by atoms with E-state index in [0.717, 1.165) is 0 Å². The smallest absolute Gasteiger partial charge is 0.178 e. The average molecular weight is 425 g/mol. The van der Waals surface area contributed by atoms with E-state index in [0.29, 0.717) is 0 Å². The van der Waals surface area contributed by atoms with Gasteiger partial charge in [-0.25, -0.2) is 0 Å². The fourth-order valence-corrected chi connectivity index (χ4v) is 5.13. The van der Waals surface area contributed by atoms with Crippen molar-refractivity contribution in [3.8, 4) is 0 Å². The maximum absolute atomic E-state index is 12.5. The van der Waals surface area contributed by atoms with Gasteiger partial charge in [-0.2, -0.15) is 0 Å². The van der Waals surface area contributed by atoms with Crippen LogP contribution in [0.1, 0.15) is 38.8 Å². The Morgan fingerprint density at radius 3 is 1.44 bits per heavy atom. The highest BCUT2D eigenvalue weighted by molar-refractivity contribution is 5.99. The molecule has 0 aliphatic carbocycles. The van der Waals surface area contributed by atoms with Gasteiger partial charge in [0.15, 0.2) is 5.78 Å². The average Bonchev–Trinajstić information content (AvgIpc) is 3.08. The number of carbonyl (C=O) groups is 1. The maximum atomic E-state index is 12.5. The molecule has 0 aromatic heterocycles. The van der Waals surface area contributed by atoms with Crippen LogP contribution in [0.25, 0.3) is 0 Å². The number of ketones is 1. The predicted octanol–water partition coefficient (Wildman–Crippen LogP) is 6.29. The van der Waals surface area contributed by atoms with E-state index in [1.165, 1.54) is 33.9 Å². The zero-order valence-electron chi connectivity index (χ0n) is 19.9. The molecule has 4 rings (SSSR count). The zero-order chi connectivity index (χ0) is 23.1. The Bertz CT molecular complexity index is 1090. The summed E-state index contributed by atoms with van der Waals surface area (Å²) in [7, 11) is 4.16. The second kappa shape index (κ2) is 7.98. The van der Waals surface area contributed by atoms with Gasteiger partial charge in [-0.3, -0.25) is 4.79 Å². The van der Waals surface area contributed by atoms with Crippen molar-refractivity contribution in [2.24, 2.45) is 0 Å². The molecule has 0 N–H and O–H groups in total. The molecular weight excluding hydrogens is 392 g/mol. The van der Waals surface area contributed by atoms with Crippen LogP contribution in [0.3, 0.4) is 0 Å². The monoisotopic (exact) mass is 424 g/mol. The third kappa shape index (κ3) is 3.52. The summed E-state index contributed by atoms with van der Waals surface area (Å²) in [5.41, 5.74) is 7.24. The van der Waals surface area contributed by atoms with Gasteiger partial charge in [0.05, 0.1) is 0 Å². The van der Waals surface area contributed by atoms with E-state index in [2.05, 4.69) is 112 Å². The van der Waals surface area contributed by atoms with Crippen LogP contribution < -0.4 is 9.80 Å². The Morgan fingerprint density at radius 1 is 0.688 bits per heavy atom. The van der Waals surface area contributed by atoms with Crippen molar-refractivity contribution in [2.75, 3.05) is 23.9 Å². The van der Waals surface area contributed by atoms with Crippen molar-refractivity contribution in [3.63, 3.8) is 0 Å². The van der Waals surface area contributed by atoms with Gasteiger partial charge in [-0.1, -0.05) is 76.2 Å². The Labute approximate surface area is 192 Å². The normalized spacial score (nSPS) is 21.2. The zero-order valence-corrected chi connectivity index (χ0v) is 19.9. The fraction of sp³-hybridized carbons (Fsp3) is 0.276. The van der Waals surface area contributed by atoms with E-state index < -0.39 is 0 Å². The standard InChI is InChI=1S/C29H32N2O/c1-28(2)22-15-7-9-17-24(22)30(5)26(28)19-11-13-21(32)14-12-20-27-29(3,4)23-16-8-10-18-25(23)31(27)6/h7-20H,1-6H3/b13-11+,14-12+,26-19+,27-20+. The Kier molecular flexibility index (Phi) is 5.46. The quantitative estimate of drug-likeness (QED) is 0.539. The van der Waals surface area contributed by atoms with Gasteiger partial charge in [0.1, 0.15) is 0 Å². The van der Waals surface area contributed by atoms with Crippen molar-refractivity contribution < 1.29 is 4.79 Å². The van der Waals surface area contributed by atoms with Crippen molar-refractivity contribution in [1.29, 1.82) is 0 Å². The summed E-state index contributed by atoms with van der Waals surface area (Å²) < 4.78 is 0.